The second-order valence-corrected chi connectivity index (χ2v) is 39.6. The molecule has 0 N–H and O–H groups in total. The fraction of sp³-hybridized carbons (Fsp3) is 0.957. The maximum Gasteiger partial charge on any atom is 0.306 e. The summed E-state index contributed by atoms with van der Waals surface area (Å²) in [4.78, 5) is 63.4. The number of hydrogen-bond donors (Lipinski definition) is 0. The van der Waals surface area contributed by atoms with Gasteiger partial charge in [0.1, 0.15) is 30.5 Å². The smallest absolute Gasteiger partial charge is 0.306 e. The van der Waals surface area contributed by atoms with Crippen molar-refractivity contribution in [2.24, 2.45) is 0 Å². The summed E-state index contributed by atoms with van der Waals surface area (Å²) in [5.41, 5.74) is 0. The maximum atomic E-state index is 12.8. The zero-order chi connectivity index (χ0) is 92.5. The van der Waals surface area contributed by atoms with E-state index in [0.29, 0.717) is 19.3 Å². The molecule has 0 aliphatic heterocycles. The lowest BCUT2D eigenvalue weighted by Crippen LogP contribution is -2.21. The molecule has 5 atom stereocenters. The fourth-order valence-corrected chi connectivity index (χ4v) is 18.0. The van der Waals surface area contributed by atoms with Gasteiger partial charge in [-0.25, -0.2) is 0 Å². The van der Waals surface area contributed by atoms with E-state index in [0.717, 1.165) is 122 Å². The van der Waals surface area contributed by atoms with Crippen molar-refractivity contribution in [1.29, 1.82) is 0 Å². The van der Waals surface area contributed by atoms with Gasteiger partial charge in [-0.05, 0) is 148 Å². The van der Waals surface area contributed by atoms with Crippen LogP contribution in [-0.4, -0.2) is 60.4 Å². The van der Waals surface area contributed by atoms with Crippen molar-refractivity contribution in [3.05, 3.63) is 0 Å². The van der Waals surface area contributed by atoms with E-state index in [-0.39, 0.29) is 73.2 Å². The van der Waals surface area contributed by atoms with Crippen LogP contribution in [-0.2, 0) is 47.7 Å². The van der Waals surface area contributed by atoms with Crippen molar-refractivity contribution in [3.8, 4) is 0 Å². The minimum atomic E-state index is -0.222. The second-order valence-electron chi connectivity index (χ2n) is 39.6. The van der Waals surface area contributed by atoms with E-state index >= 15 is 0 Å². The number of carbonyl (C=O) groups is 5. The summed E-state index contributed by atoms with van der Waals surface area (Å²) >= 11 is 0. The molecule has 0 saturated carbocycles. The van der Waals surface area contributed by atoms with E-state index in [1.165, 1.54) is 456 Å². The van der Waals surface area contributed by atoms with Crippen LogP contribution < -0.4 is 0 Å². The molecule has 0 aliphatic rings. The summed E-state index contributed by atoms with van der Waals surface area (Å²) in [6.07, 6.45) is 114. The predicted molar refractivity (Wildman–Crippen MR) is 550 cm³/mol. The highest BCUT2D eigenvalue weighted by Crippen LogP contribution is 2.27. The average molecular weight is 1780 g/mol. The lowest BCUT2D eigenvalue weighted by molar-refractivity contribution is -0.156. The Balaban J connectivity index is -0.00000186. The first-order chi connectivity index (χ1) is 61.9. The van der Waals surface area contributed by atoms with Crippen molar-refractivity contribution < 1.29 is 47.7 Å². The van der Waals surface area contributed by atoms with Crippen molar-refractivity contribution in [1.82, 2.24) is 0 Å². The minimum Gasteiger partial charge on any atom is -0.462 e. The monoisotopic (exact) mass is 1780 g/mol. The van der Waals surface area contributed by atoms with Gasteiger partial charge >= 0.3 is 29.8 Å². The molecule has 10 heteroatoms. The predicted octanol–water partition coefficient (Wildman–Crippen LogP) is 39.8. The lowest BCUT2D eigenvalue weighted by Gasteiger charge is -2.19. The van der Waals surface area contributed by atoms with E-state index in [4.69, 9.17) is 23.7 Å². The molecule has 126 heavy (non-hydrogen) atoms. The van der Waals surface area contributed by atoms with Gasteiger partial charge in [0.15, 0.2) is 0 Å². The van der Waals surface area contributed by atoms with Crippen molar-refractivity contribution in [2.75, 3.05) is 0 Å². The molecule has 0 spiro atoms. The summed E-state index contributed by atoms with van der Waals surface area (Å²) < 4.78 is 29.9. The summed E-state index contributed by atoms with van der Waals surface area (Å²) in [6.45, 7) is 24.9. The van der Waals surface area contributed by atoms with Gasteiger partial charge in [-0.3, -0.25) is 24.0 Å². The van der Waals surface area contributed by atoms with Crippen LogP contribution in [0.1, 0.15) is 686 Å². The Labute approximate surface area is 789 Å². The number of esters is 5. The molecule has 752 valence electrons. The molecule has 0 heterocycles. The first-order valence-electron chi connectivity index (χ1n) is 57.8. The third kappa shape index (κ3) is 105. The largest absolute Gasteiger partial charge is 0.462 e. The van der Waals surface area contributed by atoms with Gasteiger partial charge in [-0.2, -0.15) is 0 Å². The zero-order valence-corrected chi connectivity index (χ0v) is 87.6. The molecular weight excluding hydrogens is 1550 g/mol. The van der Waals surface area contributed by atoms with Gasteiger partial charge < -0.3 is 23.7 Å². The molecule has 0 saturated heterocycles. The van der Waals surface area contributed by atoms with Crippen molar-refractivity contribution in [3.63, 3.8) is 0 Å². The zero-order valence-electron chi connectivity index (χ0n) is 87.6. The van der Waals surface area contributed by atoms with E-state index in [1.54, 1.807) is 0 Å². The molecule has 0 aromatic rings. The minimum absolute atomic E-state index is 0.00174. The number of carbonyl (C=O) groups excluding carboxylic acids is 5. The van der Waals surface area contributed by atoms with Crippen LogP contribution in [0.5, 0.6) is 0 Å². The number of hydrogen-bond acceptors (Lipinski definition) is 10. The van der Waals surface area contributed by atoms with Gasteiger partial charge in [-0.15, -0.1) is 0 Å². The van der Waals surface area contributed by atoms with E-state index in [9.17, 15) is 24.0 Å². The van der Waals surface area contributed by atoms with Crippen LogP contribution in [0.4, 0.5) is 0 Å². The van der Waals surface area contributed by atoms with Crippen LogP contribution in [0, 0.1) is 0 Å². The third-order valence-corrected chi connectivity index (χ3v) is 26.6. The van der Waals surface area contributed by atoms with Gasteiger partial charge in [0.25, 0.3) is 0 Å². The standard InChI is InChI=1S/C48H94O4.C40H78O4.C28H56O2/c1-5-9-13-17-23-29-35-41-45(39-33-27-19-15-11-7-3)51-47(49)43-37-31-25-21-22-26-32-38-44-48(50)52-46(40-34-28-20-16-12-8-4)42-36-30-24-18-14-10-6-2;1-5-9-13-17-21-25-29-33-37(31-27-23-19-15-11-7-3)43-39(41)35-36-40(42)44-38(32-28-24-20-16-12-8-4)34-30-26-22-18-14-10-6-2;1-4-7-10-13-16-19-22-25-27(24-21-18-15-12-9-6-3)30-28(29)26-23-20-17-14-11-8-5-2/h45-46H,5-44H2,1-4H3;37-38H,5-36H2,1-4H3;27H,4-26H2,1-3H3. The number of ether oxygens (including phenoxy) is 5. The summed E-state index contributed by atoms with van der Waals surface area (Å²) in [5.74, 6) is -0.326. The van der Waals surface area contributed by atoms with Crippen LogP contribution >= 0.6 is 0 Å². The first kappa shape index (κ1) is 127. The lowest BCUT2D eigenvalue weighted by atomic mass is 10.0. The van der Waals surface area contributed by atoms with Crippen LogP contribution in [0.3, 0.4) is 0 Å². The van der Waals surface area contributed by atoms with Crippen LogP contribution in [0.15, 0.2) is 0 Å². The van der Waals surface area contributed by atoms with Crippen molar-refractivity contribution in [2.45, 2.75) is 717 Å². The quantitative estimate of drug-likeness (QED) is 0.0329. The highest BCUT2D eigenvalue weighted by atomic mass is 16.6. The Morgan fingerprint density at radius 3 is 0.317 bits per heavy atom. The molecule has 0 fully saturated rings. The normalized spacial score (nSPS) is 12.6. The Kier molecular flexibility index (Phi) is 112. The summed E-state index contributed by atoms with van der Waals surface area (Å²) in [7, 11) is 0. The Morgan fingerprint density at radius 2 is 0.206 bits per heavy atom. The Hall–Kier alpha value is -2.65. The summed E-state index contributed by atoms with van der Waals surface area (Å²) in [5, 5.41) is 0. The number of rotatable bonds is 102. The van der Waals surface area contributed by atoms with Crippen LogP contribution in [0.25, 0.3) is 0 Å². The molecule has 0 radical (unpaired) electrons. The van der Waals surface area contributed by atoms with E-state index < -0.39 is 0 Å². The fourth-order valence-electron chi connectivity index (χ4n) is 18.0. The first-order valence-corrected chi connectivity index (χ1v) is 57.8. The van der Waals surface area contributed by atoms with E-state index in [2.05, 4.69) is 76.2 Å². The van der Waals surface area contributed by atoms with Gasteiger partial charge in [0.2, 0.25) is 0 Å². The molecule has 0 aromatic heterocycles. The molecule has 0 aromatic carbocycles. The molecule has 10 nitrogen and oxygen atoms in total. The molecular formula is C116H228O10. The molecule has 0 amide bonds. The Morgan fingerprint density at radius 1 is 0.119 bits per heavy atom. The number of unbranched alkanes of at least 4 members (excludes halogenated alkanes) is 68. The second kappa shape index (κ2) is 111. The van der Waals surface area contributed by atoms with E-state index in [1.807, 2.05) is 0 Å². The third-order valence-electron chi connectivity index (χ3n) is 26.6. The van der Waals surface area contributed by atoms with Gasteiger partial charge in [-0.1, -0.05) is 506 Å². The molecule has 0 aliphatic carbocycles. The highest BCUT2D eigenvalue weighted by molar-refractivity contribution is 5.78. The summed E-state index contributed by atoms with van der Waals surface area (Å²) in [6, 6.07) is 0. The Bertz CT molecular complexity index is 2000. The van der Waals surface area contributed by atoms with Crippen LogP contribution in [0.2, 0.25) is 0 Å². The highest BCUT2D eigenvalue weighted by Gasteiger charge is 2.22. The average Bonchev–Trinajstić information content (AvgIpc) is 0.960. The molecule has 0 bridgehead atoms. The van der Waals surface area contributed by atoms with Gasteiger partial charge in [0.05, 0.1) is 12.8 Å². The topological polar surface area (TPSA) is 132 Å². The van der Waals surface area contributed by atoms with Crippen molar-refractivity contribution >= 4 is 29.8 Å². The SMILES string of the molecule is CCCCCCCCCC(=O)OC(CCCCCCCC)CCCCCCCCC.CCCCCCCCCC(CCCCCCCC)OC(=O)CCC(=O)OC(CCCCCCCC)CCCCCCCCC.CCCCCCCCCC(CCCCCCCC)OC(=O)CCCCCCCCCCC(=O)OC(CCCCCCCC)CCCCCCCCC. The maximum absolute atomic E-state index is 12.8. The molecule has 0 rings (SSSR count). The molecule has 5 unspecified atom stereocenters. The van der Waals surface area contributed by atoms with Gasteiger partial charge in [0, 0.05) is 19.3 Å².